The van der Waals surface area contributed by atoms with Gasteiger partial charge in [0.05, 0.1) is 10.9 Å². The number of hydrogen-bond acceptors (Lipinski definition) is 3. The van der Waals surface area contributed by atoms with Gasteiger partial charge in [-0.3, -0.25) is 0 Å². The topological polar surface area (TPSA) is 78.5 Å². The first-order valence-electron chi connectivity index (χ1n) is 8.38. The molecule has 1 aliphatic carbocycles. The lowest BCUT2D eigenvalue weighted by atomic mass is 10.1. The van der Waals surface area contributed by atoms with Crippen molar-refractivity contribution in [2.45, 2.75) is 43.4 Å². The lowest BCUT2D eigenvalue weighted by Gasteiger charge is -2.24. The molecular formula is C16H21F2N3O3S. The molecule has 2 N–H and O–H groups in total. The van der Waals surface area contributed by atoms with Crippen LogP contribution in [0.5, 0.6) is 0 Å². The van der Waals surface area contributed by atoms with Gasteiger partial charge in [0, 0.05) is 25.2 Å². The number of carbonyl (C=O) groups is 1. The number of anilines is 1. The predicted molar refractivity (Wildman–Crippen MR) is 89.7 cm³/mol. The Labute approximate surface area is 145 Å². The number of urea groups is 1. The number of amides is 2. The van der Waals surface area contributed by atoms with E-state index in [2.05, 4.69) is 10.6 Å². The number of rotatable bonds is 4. The van der Waals surface area contributed by atoms with Crippen molar-refractivity contribution in [2.75, 3.05) is 18.4 Å². The van der Waals surface area contributed by atoms with Gasteiger partial charge in [0.2, 0.25) is 10.0 Å². The number of benzene rings is 1. The highest BCUT2D eigenvalue weighted by Gasteiger charge is 2.41. The number of halogens is 2. The molecular weight excluding hydrogens is 352 g/mol. The fourth-order valence-corrected chi connectivity index (χ4v) is 4.89. The van der Waals surface area contributed by atoms with Gasteiger partial charge in [-0.1, -0.05) is 6.42 Å². The molecule has 0 radical (unpaired) electrons. The van der Waals surface area contributed by atoms with Crippen molar-refractivity contribution in [3.05, 3.63) is 29.8 Å². The van der Waals surface area contributed by atoms with Crippen LogP contribution in [-0.2, 0) is 10.0 Å². The van der Waals surface area contributed by atoms with E-state index < -0.39 is 27.7 Å². The summed E-state index contributed by atoms with van der Waals surface area (Å²) in [6, 6.07) is 1.89. The Morgan fingerprint density at radius 2 is 1.92 bits per heavy atom. The van der Waals surface area contributed by atoms with Crippen molar-refractivity contribution < 1.29 is 22.0 Å². The highest BCUT2D eigenvalue weighted by molar-refractivity contribution is 7.90. The Balaban J connectivity index is 1.61. The molecule has 1 aromatic carbocycles. The molecule has 1 heterocycles. The van der Waals surface area contributed by atoms with Crippen LogP contribution in [0, 0.1) is 11.6 Å². The Kier molecular flexibility index (Phi) is 5.24. The van der Waals surface area contributed by atoms with Gasteiger partial charge in [-0.15, -0.1) is 0 Å². The average Bonchev–Trinajstić information content (AvgIpc) is 3.37. The van der Waals surface area contributed by atoms with Crippen molar-refractivity contribution in [1.82, 2.24) is 9.62 Å². The molecule has 25 heavy (non-hydrogen) atoms. The standard InChI is InChI=1S/C16H21F2N3O3S/c17-11-4-7-15(14(18)9-11)20-16(22)19-12-3-1-2-8-21(10-12)25(23,24)13-5-6-13/h4,7,9,12-13H,1-3,5-6,8,10H2,(H2,19,20,22)/t12-/m0/s1. The van der Waals surface area contributed by atoms with Crippen LogP contribution in [0.1, 0.15) is 32.1 Å². The molecule has 2 fully saturated rings. The van der Waals surface area contributed by atoms with Crippen LogP contribution in [-0.4, -0.2) is 43.1 Å². The Morgan fingerprint density at radius 3 is 2.60 bits per heavy atom. The number of nitrogens with one attached hydrogen (secondary N) is 2. The molecule has 3 rings (SSSR count). The van der Waals surface area contributed by atoms with Gasteiger partial charge in [-0.25, -0.2) is 22.0 Å². The fourth-order valence-electron chi connectivity index (χ4n) is 2.97. The van der Waals surface area contributed by atoms with Gasteiger partial charge in [-0.05, 0) is 37.8 Å². The smallest absolute Gasteiger partial charge is 0.319 e. The molecule has 0 bridgehead atoms. The van der Waals surface area contributed by atoms with Gasteiger partial charge in [-0.2, -0.15) is 4.31 Å². The van der Waals surface area contributed by atoms with Crippen LogP contribution in [0.4, 0.5) is 19.3 Å². The van der Waals surface area contributed by atoms with Crippen LogP contribution >= 0.6 is 0 Å². The van der Waals surface area contributed by atoms with E-state index in [4.69, 9.17) is 0 Å². The molecule has 6 nitrogen and oxygen atoms in total. The second-order valence-corrected chi connectivity index (χ2v) is 8.73. The molecule has 1 aliphatic heterocycles. The molecule has 2 amide bonds. The summed E-state index contributed by atoms with van der Waals surface area (Å²) in [5.74, 6) is -1.60. The van der Waals surface area contributed by atoms with Crippen molar-refractivity contribution >= 4 is 21.7 Å². The van der Waals surface area contributed by atoms with Crippen LogP contribution < -0.4 is 10.6 Å². The minimum Gasteiger partial charge on any atom is -0.334 e. The zero-order valence-electron chi connectivity index (χ0n) is 13.7. The summed E-state index contributed by atoms with van der Waals surface area (Å²) in [7, 11) is -3.29. The lowest BCUT2D eigenvalue weighted by molar-refractivity contribution is 0.245. The van der Waals surface area contributed by atoms with E-state index in [1.165, 1.54) is 4.31 Å². The van der Waals surface area contributed by atoms with E-state index in [0.29, 0.717) is 31.9 Å². The van der Waals surface area contributed by atoms with Gasteiger partial charge >= 0.3 is 6.03 Å². The fraction of sp³-hybridized carbons (Fsp3) is 0.562. The SMILES string of the molecule is O=C(Nc1ccc(F)cc1F)N[C@H]1CCCCN(S(=O)(=O)C2CC2)C1. The zero-order valence-corrected chi connectivity index (χ0v) is 14.5. The second kappa shape index (κ2) is 7.25. The van der Waals surface area contributed by atoms with Crippen molar-refractivity contribution in [3.8, 4) is 0 Å². The molecule has 2 aliphatic rings. The Hall–Kier alpha value is -1.74. The maximum absolute atomic E-state index is 13.6. The summed E-state index contributed by atoms with van der Waals surface area (Å²) in [5, 5.41) is 4.74. The van der Waals surface area contributed by atoms with Gasteiger partial charge in [0.1, 0.15) is 11.6 Å². The van der Waals surface area contributed by atoms with E-state index in [9.17, 15) is 22.0 Å². The van der Waals surface area contributed by atoms with E-state index in [1.807, 2.05) is 0 Å². The van der Waals surface area contributed by atoms with Crippen LogP contribution in [0.2, 0.25) is 0 Å². The molecule has 1 atom stereocenters. The van der Waals surface area contributed by atoms with Gasteiger partial charge < -0.3 is 10.6 Å². The van der Waals surface area contributed by atoms with E-state index in [1.54, 1.807) is 0 Å². The third-order valence-corrected chi connectivity index (χ3v) is 6.82. The van der Waals surface area contributed by atoms with Crippen LogP contribution in [0.25, 0.3) is 0 Å². The first-order chi connectivity index (χ1) is 11.9. The van der Waals surface area contributed by atoms with Gasteiger partial charge in [0.25, 0.3) is 0 Å². The monoisotopic (exact) mass is 373 g/mol. The van der Waals surface area contributed by atoms with Gasteiger partial charge in [0.15, 0.2) is 0 Å². The summed E-state index contributed by atoms with van der Waals surface area (Å²) < 4.78 is 52.8. The third-order valence-electron chi connectivity index (χ3n) is 4.45. The van der Waals surface area contributed by atoms with E-state index in [-0.39, 0.29) is 23.5 Å². The first kappa shape index (κ1) is 18.1. The maximum atomic E-state index is 13.6. The number of hydrogen-bond donors (Lipinski definition) is 2. The molecule has 0 spiro atoms. The summed E-state index contributed by atoms with van der Waals surface area (Å²) in [4.78, 5) is 12.1. The van der Waals surface area contributed by atoms with Crippen molar-refractivity contribution in [3.63, 3.8) is 0 Å². The summed E-state index contributed by atoms with van der Waals surface area (Å²) in [6.45, 7) is 0.684. The van der Waals surface area contributed by atoms with Crippen molar-refractivity contribution in [2.24, 2.45) is 0 Å². The van der Waals surface area contributed by atoms with Crippen LogP contribution in [0.15, 0.2) is 18.2 Å². The second-order valence-electron chi connectivity index (χ2n) is 6.52. The number of nitrogens with zero attached hydrogens (tertiary/aromatic N) is 1. The Bertz CT molecular complexity index is 753. The van der Waals surface area contributed by atoms with E-state index >= 15 is 0 Å². The Morgan fingerprint density at radius 1 is 1.16 bits per heavy atom. The molecule has 0 aromatic heterocycles. The minimum absolute atomic E-state index is 0.130. The molecule has 1 aromatic rings. The van der Waals surface area contributed by atoms with Crippen LogP contribution in [0.3, 0.4) is 0 Å². The number of sulfonamides is 1. The largest absolute Gasteiger partial charge is 0.334 e. The molecule has 138 valence electrons. The maximum Gasteiger partial charge on any atom is 0.319 e. The summed E-state index contributed by atoms with van der Waals surface area (Å²) in [6.07, 6.45) is 3.59. The van der Waals surface area contributed by atoms with Crippen molar-refractivity contribution in [1.29, 1.82) is 0 Å². The average molecular weight is 373 g/mol. The predicted octanol–water partition coefficient (Wildman–Crippen LogP) is 2.43. The zero-order chi connectivity index (χ0) is 18.0. The van der Waals surface area contributed by atoms with E-state index in [0.717, 1.165) is 25.0 Å². The quantitative estimate of drug-likeness (QED) is 0.851. The summed E-state index contributed by atoms with van der Waals surface area (Å²) >= 11 is 0. The number of carbonyl (C=O) groups excluding carboxylic acids is 1. The molecule has 0 unspecified atom stereocenters. The molecule has 1 saturated carbocycles. The minimum atomic E-state index is -3.29. The summed E-state index contributed by atoms with van der Waals surface area (Å²) in [5.41, 5.74) is -0.130. The highest BCUT2D eigenvalue weighted by Crippen LogP contribution is 2.32. The first-order valence-corrected chi connectivity index (χ1v) is 9.88. The molecule has 9 heteroatoms. The lowest BCUT2D eigenvalue weighted by Crippen LogP contribution is -2.46. The third kappa shape index (κ3) is 4.46. The highest BCUT2D eigenvalue weighted by atomic mass is 32.2. The normalized spacial score (nSPS) is 22.2. The molecule has 1 saturated heterocycles.